The molecule has 120 valence electrons. The second-order valence-corrected chi connectivity index (χ2v) is 5.53. The Kier molecular flexibility index (Phi) is 9.40. The van der Waals surface area contributed by atoms with Crippen LogP contribution >= 0.6 is 40.7 Å². The van der Waals surface area contributed by atoms with Crippen LogP contribution in [0.5, 0.6) is 0 Å². The molecule has 1 saturated heterocycles. The van der Waals surface area contributed by atoms with Crippen LogP contribution in [0.2, 0.25) is 0 Å². The van der Waals surface area contributed by atoms with Crippen LogP contribution in [0.25, 0.3) is 0 Å². The summed E-state index contributed by atoms with van der Waals surface area (Å²) in [5, 5.41) is 14.3. The third-order valence-electron chi connectivity index (χ3n) is 3.53. The third kappa shape index (κ3) is 5.07. The number of benzene rings is 1. The highest BCUT2D eigenvalue weighted by atomic mass is 79.9. The van der Waals surface area contributed by atoms with Crippen LogP contribution in [0, 0.1) is 10.1 Å². The molecule has 1 heterocycles. The molecule has 0 radical (unpaired) electrons. The number of nitro benzene ring substituents is 1. The largest absolute Gasteiger partial charge is 0.314 e. The molecule has 0 saturated carbocycles. The van der Waals surface area contributed by atoms with Crippen molar-refractivity contribution in [3.63, 3.8) is 0 Å². The Morgan fingerprint density at radius 1 is 1.38 bits per heavy atom. The SMILES string of the molecule is CC[C@@H](c1ccc(Br)c([N+](=O)[O-])c1)N1CCNCC1.Cl.Cl. The van der Waals surface area contributed by atoms with Gasteiger partial charge in [0.05, 0.1) is 9.40 Å². The fourth-order valence-corrected chi connectivity index (χ4v) is 2.97. The molecule has 1 fully saturated rings. The zero-order valence-electron chi connectivity index (χ0n) is 11.8. The van der Waals surface area contributed by atoms with E-state index in [9.17, 15) is 10.1 Å². The van der Waals surface area contributed by atoms with Gasteiger partial charge in [-0.05, 0) is 34.0 Å². The maximum absolute atomic E-state index is 11.0. The van der Waals surface area contributed by atoms with Gasteiger partial charge in [-0.2, -0.15) is 0 Å². The molecule has 21 heavy (non-hydrogen) atoms. The zero-order chi connectivity index (χ0) is 13.8. The molecule has 5 nitrogen and oxygen atoms in total. The Bertz CT molecular complexity index is 471. The number of nitro groups is 1. The standard InChI is InChI=1S/C13H18BrN3O2.2ClH/c1-2-12(16-7-5-15-6-8-16)10-3-4-11(14)13(9-10)17(18)19;;/h3-4,9,12,15H,2,5-8H2,1H3;2*1H/t12-;;/m0../s1. The fourth-order valence-electron chi connectivity index (χ4n) is 2.58. The van der Waals surface area contributed by atoms with E-state index < -0.39 is 0 Å². The molecule has 0 unspecified atom stereocenters. The smallest absolute Gasteiger partial charge is 0.283 e. The summed E-state index contributed by atoms with van der Waals surface area (Å²) < 4.78 is 0.538. The van der Waals surface area contributed by atoms with E-state index in [0.717, 1.165) is 38.2 Å². The molecule has 1 atom stereocenters. The van der Waals surface area contributed by atoms with Crippen molar-refractivity contribution in [3.8, 4) is 0 Å². The monoisotopic (exact) mass is 399 g/mol. The molecule has 1 aliphatic rings. The lowest BCUT2D eigenvalue weighted by Crippen LogP contribution is -2.45. The van der Waals surface area contributed by atoms with Crippen LogP contribution in [-0.2, 0) is 0 Å². The lowest BCUT2D eigenvalue weighted by atomic mass is 10.0. The van der Waals surface area contributed by atoms with Gasteiger partial charge in [-0.1, -0.05) is 13.0 Å². The van der Waals surface area contributed by atoms with Gasteiger partial charge in [0.25, 0.3) is 5.69 Å². The molecule has 0 aromatic heterocycles. The van der Waals surface area contributed by atoms with Gasteiger partial charge in [-0.25, -0.2) is 0 Å². The molecule has 0 aliphatic carbocycles. The van der Waals surface area contributed by atoms with Gasteiger partial charge in [0, 0.05) is 38.3 Å². The summed E-state index contributed by atoms with van der Waals surface area (Å²) in [6, 6.07) is 5.71. The molecule has 1 aromatic carbocycles. The summed E-state index contributed by atoms with van der Waals surface area (Å²) in [6.07, 6.45) is 0.957. The van der Waals surface area contributed by atoms with Gasteiger partial charge in [0.2, 0.25) is 0 Å². The molecule has 8 heteroatoms. The molecule has 1 aromatic rings. The fraction of sp³-hybridized carbons (Fsp3) is 0.538. The van der Waals surface area contributed by atoms with Crippen molar-refractivity contribution in [2.45, 2.75) is 19.4 Å². The number of nitrogens with zero attached hydrogens (tertiary/aromatic N) is 2. The summed E-state index contributed by atoms with van der Waals surface area (Å²) >= 11 is 3.23. The Morgan fingerprint density at radius 3 is 2.52 bits per heavy atom. The van der Waals surface area contributed by atoms with Crippen molar-refractivity contribution < 1.29 is 4.92 Å². The van der Waals surface area contributed by atoms with Crippen molar-refractivity contribution in [1.82, 2.24) is 10.2 Å². The minimum Gasteiger partial charge on any atom is -0.314 e. The topological polar surface area (TPSA) is 58.4 Å². The van der Waals surface area contributed by atoms with E-state index in [4.69, 9.17) is 0 Å². The maximum atomic E-state index is 11.0. The first-order valence-electron chi connectivity index (χ1n) is 6.52. The number of hydrogen-bond acceptors (Lipinski definition) is 4. The zero-order valence-corrected chi connectivity index (χ0v) is 15.0. The Labute approximate surface area is 145 Å². The third-order valence-corrected chi connectivity index (χ3v) is 4.20. The van der Waals surface area contributed by atoms with Crippen molar-refractivity contribution in [1.29, 1.82) is 0 Å². The van der Waals surface area contributed by atoms with Crippen molar-refractivity contribution in [2.75, 3.05) is 26.2 Å². The first-order chi connectivity index (χ1) is 9.13. The van der Waals surface area contributed by atoms with E-state index in [0.29, 0.717) is 4.47 Å². The molecule has 0 spiro atoms. The molecule has 1 aliphatic heterocycles. The second-order valence-electron chi connectivity index (χ2n) is 4.68. The predicted octanol–water partition coefficient (Wildman–Crippen LogP) is 3.56. The van der Waals surface area contributed by atoms with Gasteiger partial charge < -0.3 is 5.32 Å². The summed E-state index contributed by atoms with van der Waals surface area (Å²) in [5.74, 6) is 0. The number of piperazine rings is 1. The quantitative estimate of drug-likeness (QED) is 0.620. The van der Waals surface area contributed by atoms with E-state index in [1.54, 1.807) is 12.1 Å². The minimum atomic E-state index is -0.335. The normalized spacial score (nSPS) is 16.5. The number of nitrogens with one attached hydrogen (secondary N) is 1. The van der Waals surface area contributed by atoms with E-state index in [1.165, 1.54) is 0 Å². The van der Waals surface area contributed by atoms with Crippen LogP contribution < -0.4 is 5.32 Å². The van der Waals surface area contributed by atoms with Gasteiger partial charge in [-0.15, -0.1) is 24.8 Å². The summed E-state index contributed by atoms with van der Waals surface area (Å²) in [5.41, 5.74) is 1.17. The number of halogens is 3. The minimum absolute atomic E-state index is 0. The van der Waals surface area contributed by atoms with E-state index >= 15 is 0 Å². The van der Waals surface area contributed by atoms with Crippen LogP contribution in [0.1, 0.15) is 24.9 Å². The van der Waals surface area contributed by atoms with Gasteiger partial charge in [0.15, 0.2) is 0 Å². The average Bonchev–Trinajstić information content (AvgIpc) is 2.42. The summed E-state index contributed by atoms with van der Waals surface area (Å²) in [4.78, 5) is 13.1. The van der Waals surface area contributed by atoms with Gasteiger partial charge in [-0.3, -0.25) is 15.0 Å². The maximum Gasteiger partial charge on any atom is 0.283 e. The van der Waals surface area contributed by atoms with E-state index in [1.807, 2.05) is 6.07 Å². The Morgan fingerprint density at radius 2 is 2.00 bits per heavy atom. The first kappa shape index (κ1) is 20.6. The average molecular weight is 401 g/mol. The van der Waals surface area contributed by atoms with Gasteiger partial charge in [0.1, 0.15) is 0 Å². The molecule has 0 amide bonds. The number of rotatable bonds is 4. The predicted molar refractivity (Wildman–Crippen MR) is 92.8 cm³/mol. The van der Waals surface area contributed by atoms with Crippen LogP contribution in [-0.4, -0.2) is 36.0 Å². The van der Waals surface area contributed by atoms with E-state index in [-0.39, 0.29) is 41.5 Å². The second kappa shape index (κ2) is 9.58. The summed E-state index contributed by atoms with van der Waals surface area (Å²) in [7, 11) is 0. The lowest BCUT2D eigenvalue weighted by molar-refractivity contribution is -0.385. The summed E-state index contributed by atoms with van der Waals surface area (Å²) in [6.45, 7) is 6.07. The molecular formula is C13H20BrCl2N3O2. The lowest BCUT2D eigenvalue weighted by Gasteiger charge is -2.34. The van der Waals surface area contributed by atoms with Crippen molar-refractivity contribution in [2.24, 2.45) is 0 Å². The Hall–Kier alpha value is -0.400. The molecule has 2 rings (SSSR count). The van der Waals surface area contributed by atoms with Gasteiger partial charge >= 0.3 is 0 Å². The molecule has 0 bridgehead atoms. The van der Waals surface area contributed by atoms with Crippen LogP contribution in [0.4, 0.5) is 5.69 Å². The highest BCUT2D eigenvalue weighted by Crippen LogP contribution is 2.31. The highest BCUT2D eigenvalue weighted by Gasteiger charge is 2.23. The van der Waals surface area contributed by atoms with Crippen LogP contribution in [0.15, 0.2) is 22.7 Å². The first-order valence-corrected chi connectivity index (χ1v) is 7.31. The van der Waals surface area contributed by atoms with Crippen LogP contribution in [0.3, 0.4) is 0 Å². The van der Waals surface area contributed by atoms with E-state index in [2.05, 4.69) is 33.1 Å². The molecular weight excluding hydrogens is 381 g/mol. The van der Waals surface area contributed by atoms with Crippen molar-refractivity contribution in [3.05, 3.63) is 38.3 Å². The number of hydrogen-bond donors (Lipinski definition) is 1. The highest BCUT2D eigenvalue weighted by molar-refractivity contribution is 9.10. The molecule has 1 N–H and O–H groups in total. The van der Waals surface area contributed by atoms with Crippen molar-refractivity contribution >= 4 is 46.4 Å². The Balaban J connectivity index is 0.00000200.